The second kappa shape index (κ2) is 9.74. The van der Waals surface area contributed by atoms with E-state index in [1.165, 1.54) is 6.33 Å². The summed E-state index contributed by atoms with van der Waals surface area (Å²) in [7, 11) is -3.76. The third kappa shape index (κ3) is 6.65. The van der Waals surface area contributed by atoms with E-state index in [-0.39, 0.29) is 36.3 Å². The van der Waals surface area contributed by atoms with Gasteiger partial charge in [-0.2, -0.15) is 9.97 Å². The van der Waals surface area contributed by atoms with Crippen molar-refractivity contribution < 1.29 is 28.4 Å². The summed E-state index contributed by atoms with van der Waals surface area (Å²) in [6.45, 7) is 7.38. The lowest BCUT2D eigenvalue weighted by molar-refractivity contribution is -0.293. The molecule has 0 radical (unpaired) electrons. The molecule has 0 amide bonds. The second-order valence-electron chi connectivity index (χ2n) is 6.07. The van der Waals surface area contributed by atoms with E-state index in [0.29, 0.717) is 17.7 Å². The number of aromatic nitrogens is 4. The topological polar surface area (TPSA) is 133 Å². The zero-order valence-corrected chi connectivity index (χ0v) is 17.1. The Hall–Kier alpha value is -1.33. The summed E-state index contributed by atoms with van der Waals surface area (Å²) in [5, 5.41) is 0.167. The van der Waals surface area contributed by atoms with Crippen LogP contribution in [-0.2, 0) is 35.0 Å². The predicted molar refractivity (Wildman–Crippen MR) is 97.8 cm³/mol. The number of fused-ring (bicyclic) bond motifs is 1. The third-order valence-electron chi connectivity index (χ3n) is 2.86. The number of imidazole rings is 1. The fraction of sp³-hybridized carbons (Fsp3) is 0.643. The fourth-order valence-corrected chi connectivity index (χ4v) is 3.08. The first-order chi connectivity index (χ1) is 12.7. The van der Waals surface area contributed by atoms with Gasteiger partial charge in [0.15, 0.2) is 17.1 Å². The number of nitrogens with two attached hydrogens (primary N) is 1. The summed E-state index contributed by atoms with van der Waals surface area (Å²) in [5.41, 5.74) is 6.50. The highest BCUT2D eigenvalue weighted by Gasteiger charge is 2.30. The molecule has 0 bridgehead atoms. The van der Waals surface area contributed by atoms with Crippen LogP contribution in [0.3, 0.4) is 0 Å². The number of nitrogens with zero attached hydrogens (tertiary/aromatic N) is 4. The average molecular weight is 424 g/mol. The smallest absolute Gasteiger partial charge is 0.368 e. The predicted octanol–water partition coefficient (Wildman–Crippen LogP) is 2.94. The first kappa shape index (κ1) is 22.0. The monoisotopic (exact) mass is 423 g/mol. The van der Waals surface area contributed by atoms with Crippen LogP contribution >= 0.6 is 19.2 Å². The van der Waals surface area contributed by atoms with Crippen molar-refractivity contribution in [3.63, 3.8) is 0 Å². The first-order valence-corrected chi connectivity index (χ1v) is 10.3. The summed E-state index contributed by atoms with van der Waals surface area (Å²) < 4.78 is 29.5. The highest BCUT2D eigenvalue weighted by molar-refractivity contribution is 7.53. The fourth-order valence-electron chi connectivity index (χ4n) is 1.79. The van der Waals surface area contributed by atoms with Crippen molar-refractivity contribution in [2.45, 2.75) is 46.4 Å². The van der Waals surface area contributed by atoms with Crippen molar-refractivity contribution in [3.05, 3.63) is 11.5 Å². The van der Waals surface area contributed by atoms with Crippen LogP contribution in [0.2, 0.25) is 5.15 Å². The molecule has 2 N–H and O–H groups in total. The van der Waals surface area contributed by atoms with E-state index < -0.39 is 7.60 Å². The van der Waals surface area contributed by atoms with Gasteiger partial charge in [0, 0.05) is 6.54 Å². The van der Waals surface area contributed by atoms with E-state index in [1.807, 2.05) is 0 Å². The summed E-state index contributed by atoms with van der Waals surface area (Å²) in [6, 6.07) is 0. The molecule has 0 fully saturated rings. The maximum absolute atomic E-state index is 12.6. The molecule has 13 heteroatoms. The number of rotatable bonds is 11. The zero-order chi connectivity index (χ0) is 20.0. The Morgan fingerprint density at radius 1 is 1.19 bits per heavy atom. The van der Waals surface area contributed by atoms with Gasteiger partial charge < -0.3 is 15.0 Å². The lowest BCUT2D eigenvalue weighted by Gasteiger charge is -2.18. The van der Waals surface area contributed by atoms with Crippen molar-refractivity contribution >= 4 is 36.3 Å². The minimum atomic E-state index is -3.76. The maximum Gasteiger partial charge on any atom is 0.409 e. The molecule has 0 aliphatic carbocycles. The molecular formula is C14H23ClN5O6P. The van der Waals surface area contributed by atoms with E-state index >= 15 is 0 Å². The summed E-state index contributed by atoms with van der Waals surface area (Å²) in [4.78, 5) is 21.9. The van der Waals surface area contributed by atoms with Gasteiger partial charge >= 0.3 is 7.60 Å². The SMILES string of the molecule is CC(C)OOP(=O)(COCCn1cnc2c(Cl)nc(N)nc21)OOC(C)C. The molecular weight excluding hydrogens is 401 g/mol. The van der Waals surface area contributed by atoms with Crippen LogP contribution in [0, 0.1) is 0 Å². The van der Waals surface area contributed by atoms with Crippen molar-refractivity contribution in [1.82, 2.24) is 19.5 Å². The largest absolute Gasteiger partial charge is 0.409 e. The van der Waals surface area contributed by atoms with Crippen LogP contribution in [0.15, 0.2) is 6.33 Å². The van der Waals surface area contributed by atoms with Gasteiger partial charge in [-0.3, -0.25) is 4.57 Å². The van der Waals surface area contributed by atoms with Gasteiger partial charge in [-0.1, -0.05) is 11.6 Å². The normalized spacial score (nSPS) is 12.6. The summed E-state index contributed by atoms with van der Waals surface area (Å²) in [5.74, 6) is 0.0399. The van der Waals surface area contributed by atoms with Crippen molar-refractivity contribution in [1.29, 1.82) is 0 Å². The molecule has 0 aliphatic heterocycles. The molecule has 0 aromatic carbocycles. The molecule has 2 heterocycles. The van der Waals surface area contributed by atoms with Gasteiger partial charge in [0.25, 0.3) is 0 Å². The molecule has 0 atom stereocenters. The Morgan fingerprint density at radius 2 is 1.81 bits per heavy atom. The third-order valence-corrected chi connectivity index (χ3v) is 4.25. The molecule has 2 rings (SSSR count). The molecule has 0 unspecified atom stereocenters. The molecule has 27 heavy (non-hydrogen) atoms. The lowest BCUT2D eigenvalue weighted by atomic mass is 10.5. The Balaban J connectivity index is 1.93. The highest BCUT2D eigenvalue weighted by atomic mass is 35.5. The van der Waals surface area contributed by atoms with E-state index in [2.05, 4.69) is 15.0 Å². The standard InChI is InChI=1S/C14H23ClN5O6P/c1-9(2)23-25-27(21,26-24-10(3)4)8-22-6-5-20-7-17-11-12(15)18-14(16)19-13(11)20/h7,9-10H,5-6,8H2,1-4H3,(H2,16,18,19). The van der Waals surface area contributed by atoms with E-state index in [9.17, 15) is 4.57 Å². The molecule has 0 saturated heterocycles. The summed E-state index contributed by atoms with van der Waals surface area (Å²) in [6.07, 6.45) is 0.544. The van der Waals surface area contributed by atoms with Crippen LogP contribution in [0.4, 0.5) is 5.95 Å². The number of nitrogen functional groups attached to an aromatic ring is 1. The van der Waals surface area contributed by atoms with Gasteiger partial charge in [-0.05, 0) is 27.7 Å². The lowest BCUT2D eigenvalue weighted by Crippen LogP contribution is -2.13. The molecule has 2 aromatic rings. The number of ether oxygens (including phenoxy) is 1. The van der Waals surface area contributed by atoms with Gasteiger partial charge in [0.05, 0.1) is 25.1 Å². The van der Waals surface area contributed by atoms with Gasteiger partial charge in [-0.15, -0.1) is 9.35 Å². The number of halogens is 1. The van der Waals surface area contributed by atoms with E-state index in [0.717, 1.165) is 0 Å². The molecule has 0 aliphatic rings. The Morgan fingerprint density at radius 3 is 2.41 bits per heavy atom. The van der Waals surface area contributed by atoms with E-state index in [1.54, 1.807) is 32.3 Å². The van der Waals surface area contributed by atoms with Crippen LogP contribution in [0.1, 0.15) is 27.7 Å². The molecule has 11 nitrogen and oxygen atoms in total. The van der Waals surface area contributed by atoms with Gasteiger partial charge in [0.1, 0.15) is 5.52 Å². The van der Waals surface area contributed by atoms with Gasteiger partial charge in [0.2, 0.25) is 5.95 Å². The van der Waals surface area contributed by atoms with Crippen LogP contribution in [0.25, 0.3) is 11.2 Å². The van der Waals surface area contributed by atoms with Gasteiger partial charge in [-0.25, -0.2) is 14.8 Å². The highest BCUT2D eigenvalue weighted by Crippen LogP contribution is 2.49. The van der Waals surface area contributed by atoms with Crippen LogP contribution < -0.4 is 5.73 Å². The summed E-state index contributed by atoms with van der Waals surface area (Å²) >= 11 is 5.98. The van der Waals surface area contributed by atoms with Crippen LogP contribution in [-0.4, -0.2) is 44.7 Å². The molecule has 0 saturated carbocycles. The molecule has 2 aromatic heterocycles. The number of hydrogen-bond donors (Lipinski definition) is 1. The van der Waals surface area contributed by atoms with Crippen LogP contribution in [0.5, 0.6) is 0 Å². The first-order valence-electron chi connectivity index (χ1n) is 8.21. The van der Waals surface area contributed by atoms with E-state index in [4.69, 9.17) is 41.2 Å². The average Bonchev–Trinajstić information content (AvgIpc) is 2.98. The Bertz CT molecular complexity index is 786. The quantitative estimate of drug-likeness (QED) is 0.189. The molecule has 152 valence electrons. The number of hydrogen-bond acceptors (Lipinski definition) is 10. The number of anilines is 1. The Labute approximate surface area is 161 Å². The maximum atomic E-state index is 12.6. The Kier molecular flexibility index (Phi) is 7.92. The van der Waals surface area contributed by atoms with Crippen molar-refractivity contribution in [2.75, 3.05) is 18.7 Å². The molecule has 0 spiro atoms. The zero-order valence-electron chi connectivity index (χ0n) is 15.5. The minimum Gasteiger partial charge on any atom is -0.368 e. The van der Waals surface area contributed by atoms with Crippen molar-refractivity contribution in [2.24, 2.45) is 0 Å². The van der Waals surface area contributed by atoms with Crippen molar-refractivity contribution in [3.8, 4) is 0 Å². The minimum absolute atomic E-state index is 0.0399. The second-order valence-corrected chi connectivity index (χ2v) is 8.21.